The van der Waals surface area contributed by atoms with Crippen LogP contribution in [0.1, 0.15) is 61.3 Å². The second-order valence-electron chi connectivity index (χ2n) is 7.73. The number of aliphatic hydroxyl groups excluding tert-OH is 1. The highest BCUT2D eigenvalue weighted by Crippen LogP contribution is 2.42. The van der Waals surface area contributed by atoms with Gasteiger partial charge in [0.2, 0.25) is 0 Å². The van der Waals surface area contributed by atoms with Gasteiger partial charge in [-0.1, -0.05) is 48.5 Å². The number of methoxy groups -OCH3 is 2. The monoisotopic (exact) mass is 348 g/mol. The van der Waals surface area contributed by atoms with Crippen LogP contribution in [0.3, 0.4) is 0 Å². The zero-order chi connectivity index (χ0) is 18.3. The summed E-state index contributed by atoms with van der Waals surface area (Å²) < 4.78 is 17.9. The Labute approximate surface area is 145 Å². The summed E-state index contributed by atoms with van der Waals surface area (Å²) in [7, 11) is 1.48. The predicted octanol–water partition coefficient (Wildman–Crippen LogP) is 4.58. The van der Waals surface area contributed by atoms with Crippen molar-refractivity contribution in [2.24, 2.45) is 5.92 Å². The second kappa shape index (κ2) is 10.1. The standard InChI is InChI=1S/C18H40O4Si/c1-14(2)23(15(3)4,16(5)6)22-11-10-18(20-8,21-9)12-17(7)13-19/h14-17,19H,10-13H2,1-9H3/t17-/m0/s1. The minimum absolute atomic E-state index is 0.136. The highest BCUT2D eigenvalue weighted by atomic mass is 28.4. The summed E-state index contributed by atoms with van der Waals surface area (Å²) in [6, 6.07) is 0. The summed E-state index contributed by atoms with van der Waals surface area (Å²) in [4.78, 5) is 0. The van der Waals surface area contributed by atoms with E-state index in [1.165, 1.54) is 0 Å². The smallest absolute Gasteiger partial charge is 0.200 e. The molecule has 140 valence electrons. The van der Waals surface area contributed by atoms with Gasteiger partial charge in [-0.15, -0.1) is 0 Å². The molecule has 0 radical (unpaired) electrons. The van der Waals surface area contributed by atoms with Crippen LogP contribution in [0.2, 0.25) is 16.6 Å². The van der Waals surface area contributed by atoms with Crippen molar-refractivity contribution < 1.29 is 19.0 Å². The molecular weight excluding hydrogens is 308 g/mol. The van der Waals surface area contributed by atoms with Crippen LogP contribution in [0.4, 0.5) is 0 Å². The molecule has 0 fully saturated rings. The van der Waals surface area contributed by atoms with E-state index in [0.29, 0.717) is 36.1 Å². The zero-order valence-electron chi connectivity index (χ0n) is 16.8. The Balaban J connectivity index is 5.03. The average molecular weight is 349 g/mol. The fourth-order valence-electron chi connectivity index (χ4n) is 4.03. The van der Waals surface area contributed by atoms with Gasteiger partial charge >= 0.3 is 0 Å². The zero-order valence-corrected chi connectivity index (χ0v) is 17.8. The highest BCUT2D eigenvalue weighted by Gasteiger charge is 2.45. The van der Waals surface area contributed by atoms with Crippen LogP contribution in [-0.2, 0) is 13.9 Å². The summed E-state index contributed by atoms with van der Waals surface area (Å²) in [5.74, 6) is -0.537. The fourth-order valence-corrected chi connectivity index (χ4v) is 9.49. The molecule has 0 saturated carbocycles. The first kappa shape index (κ1) is 23.1. The molecular formula is C18H40O4Si. The molecule has 1 N–H and O–H groups in total. The van der Waals surface area contributed by atoms with Crippen LogP contribution < -0.4 is 0 Å². The van der Waals surface area contributed by atoms with Crippen LogP contribution >= 0.6 is 0 Å². The molecule has 0 rings (SSSR count). The molecule has 0 saturated heterocycles. The third-order valence-electron chi connectivity index (χ3n) is 5.26. The molecule has 0 unspecified atom stereocenters. The maximum absolute atomic E-state index is 9.33. The van der Waals surface area contributed by atoms with Gasteiger partial charge in [-0.2, -0.15) is 0 Å². The van der Waals surface area contributed by atoms with Crippen LogP contribution in [0.15, 0.2) is 0 Å². The molecule has 1 atom stereocenters. The van der Waals surface area contributed by atoms with Crippen molar-refractivity contribution in [1.29, 1.82) is 0 Å². The van der Waals surface area contributed by atoms with Gasteiger partial charge in [0, 0.05) is 40.3 Å². The SMILES string of the molecule is COC(CCO[Si](C(C)C)(C(C)C)C(C)C)(C[C@H](C)CO)OC. The lowest BCUT2D eigenvalue weighted by Crippen LogP contribution is -2.49. The van der Waals surface area contributed by atoms with Gasteiger partial charge in [-0.25, -0.2) is 0 Å². The fraction of sp³-hybridized carbons (Fsp3) is 1.00. The van der Waals surface area contributed by atoms with Crippen molar-refractivity contribution in [2.45, 2.75) is 83.7 Å². The van der Waals surface area contributed by atoms with Crippen LogP contribution in [0, 0.1) is 5.92 Å². The Kier molecular flexibility index (Phi) is 10.2. The van der Waals surface area contributed by atoms with Crippen LogP contribution in [-0.4, -0.2) is 46.6 Å². The van der Waals surface area contributed by atoms with Gasteiger partial charge in [-0.05, 0) is 22.5 Å². The molecule has 0 aromatic heterocycles. The maximum Gasteiger partial charge on any atom is 0.200 e. The topological polar surface area (TPSA) is 47.9 Å². The number of hydrogen-bond acceptors (Lipinski definition) is 4. The second-order valence-corrected chi connectivity index (χ2v) is 13.2. The number of rotatable bonds is 12. The molecule has 4 nitrogen and oxygen atoms in total. The minimum atomic E-state index is -1.86. The Morgan fingerprint density at radius 2 is 1.30 bits per heavy atom. The van der Waals surface area contributed by atoms with Crippen molar-refractivity contribution in [1.82, 2.24) is 0 Å². The number of aliphatic hydroxyl groups is 1. The number of hydrogen-bond donors (Lipinski definition) is 1. The maximum atomic E-state index is 9.33. The van der Waals surface area contributed by atoms with E-state index >= 15 is 0 Å². The first-order valence-corrected chi connectivity index (χ1v) is 11.1. The molecule has 0 aliphatic carbocycles. The van der Waals surface area contributed by atoms with Gasteiger partial charge in [0.15, 0.2) is 14.1 Å². The van der Waals surface area contributed by atoms with E-state index in [-0.39, 0.29) is 12.5 Å². The quantitative estimate of drug-likeness (QED) is 0.414. The van der Waals surface area contributed by atoms with Crippen molar-refractivity contribution in [3.63, 3.8) is 0 Å². The van der Waals surface area contributed by atoms with E-state index in [0.717, 1.165) is 0 Å². The lowest BCUT2D eigenvalue weighted by atomic mass is 9.99. The molecule has 5 heteroatoms. The van der Waals surface area contributed by atoms with E-state index in [9.17, 15) is 5.11 Å². The van der Waals surface area contributed by atoms with E-state index in [1.54, 1.807) is 14.2 Å². The minimum Gasteiger partial charge on any atom is -0.416 e. The third-order valence-corrected chi connectivity index (χ3v) is 11.4. The van der Waals surface area contributed by atoms with Crippen molar-refractivity contribution >= 4 is 8.32 Å². The van der Waals surface area contributed by atoms with E-state index in [4.69, 9.17) is 13.9 Å². The Morgan fingerprint density at radius 3 is 1.61 bits per heavy atom. The third kappa shape index (κ3) is 5.82. The molecule has 0 heterocycles. The molecule has 0 aliphatic heterocycles. The van der Waals surface area contributed by atoms with E-state index in [1.807, 2.05) is 6.92 Å². The van der Waals surface area contributed by atoms with Gasteiger partial charge in [0.25, 0.3) is 0 Å². The van der Waals surface area contributed by atoms with Crippen molar-refractivity contribution in [2.75, 3.05) is 27.4 Å². The summed E-state index contributed by atoms with van der Waals surface area (Å²) in [5.41, 5.74) is 1.70. The molecule has 0 aromatic carbocycles. The first-order chi connectivity index (χ1) is 10.6. The molecule has 0 bridgehead atoms. The molecule has 0 amide bonds. The van der Waals surface area contributed by atoms with Crippen LogP contribution in [0.5, 0.6) is 0 Å². The summed E-state index contributed by atoms with van der Waals surface area (Å²) in [6.45, 7) is 16.5. The summed E-state index contributed by atoms with van der Waals surface area (Å²) in [5, 5.41) is 9.33. The highest BCUT2D eigenvalue weighted by molar-refractivity contribution is 6.77. The summed E-state index contributed by atoms with van der Waals surface area (Å²) in [6.07, 6.45) is 1.35. The summed E-state index contributed by atoms with van der Waals surface area (Å²) >= 11 is 0. The van der Waals surface area contributed by atoms with Crippen molar-refractivity contribution in [3.05, 3.63) is 0 Å². The van der Waals surface area contributed by atoms with Gasteiger partial charge in [-0.3, -0.25) is 0 Å². The molecule has 0 aromatic rings. The lowest BCUT2D eigenvalue weighted by Gasteiger charge is -2.43. The molecule has 0 spiro atoms. The lowest BCUT2D eigenvalue weighted by molar-refractivity contribution is -0.224. The Bertz CT molecular complexity index is 292. The van der Waals surface area contributed by atoms with E-state index in [2.05, 4.69) is 41.5 Å². The average Bonchev–Trinajstić information content (AvgIpc) is 2.48. The molecule has 23 heavy (non-hydrogen) atoms. The van der Waals surface area contributed by atoms with Gasteiger partial charge < -0.3 is 19.0 Å². The Hall–Kier alpha value is 0.0569. The first-order valence-electron chi connectivity index (χ1n) is 8.96. The van der Waals surface area contributed by atoms with Gasteiger partial charge in [0.1, 0.15) is 0 Å². The normalized spacial score (nSPS) is 15.0. The van der Waals surface area contributed by atoms with Gasteiger partial charge in [0.05, 0.1) is 0 Å². The van der Waals surface area contributed by atoms with Crippen molar-refractivity contribution in [3.8, 4) is 0 Å². The molecule has 0 aliphatic rings. The number of ether oxygens (including phenoxy) is 2. The predicted molar refractivity (Wildman–Crippen MR) is 99.2 cm³/mol. The Morgan fingerprint density at radius 1 is 0.870 bits per heavy atom. The van der Waals surface area contributed by atoms with Crippen LogP contribution in [0.25, 0.3) is 0 Å². The largest absolute Gasteiger partial charge is 0.416 e. The van der Waals surface area contributed by atoms with E-state index < -0.39 is 14.1 Å².